The zero-order valence-corrected chi connectivity index (χ0v) is 11.0. The molecule has 0 spiro atoms. The van der Waals surface area contributed by atoms with Gasteiger partial charge in [-0.15, -0.1) is 0 Å². The summed E-state index contributed by atoms with van der Waals surface area (Å²) in [5, 5.41) is 12.7. The van der Waals surface area contributed by atoms with Crippen molar-refractivity contribution in [2.24, 2.45) is 5.84 Å². The Morgan fingerprint density at radius 3 is 2.53 bits per heavy atom. The summed E-state index contributed by atoms with van der Waals surface area (Å²) in [6.45, 7) is 2.33. The molecule has 106 valence electrons. The van der Waals surface area contributed by atoms with E-state index in [0.717, 1.165) is 25.7 Å². The highest BCUT2D eigenvalue weighted by molar-refractivity contribution is 5.35. The molecule has 19 heavy (non-hydrogen) atoms. The van der Waals surface area contributed by atoms with Gasteiger partial charge >= 0.3 is 6.01 Å². The molecule has 8 heteroatoms. The lowest BCUT2D eigenvalue weighted by Crippen LogP contribution is -2.29. The van der Waals surface area contributed by atoms with Gasteiger partial charge in [0.2, 0.25) is 11.9 Å². The van der Waals surface area contributed by atoms with Gasteiger partial charge in [0.05, 0.1) is 12.7 Å². The van der Waals surface area contributed by atoms with E-state index >= 15 is 0 Å². The number of nitrogen functional groups attached to an aromatic ring is 1. The van der Waals surface area contributed by atoms with Crippen LogP contribution < -0.4 is 21.3 Å². The van der Waals surface area contributed by atoms with Crippen molar-refractivity contribution < 1.29 is 9.84 Å². The minimum atomic E-state index is -0.184. The summed E-state index contributed by atoms with van der Waals surface area (Å²) in [5.74, 6) is 6.01. The summed E-state index contributed by atoms with van der Waals surface area (Å²) in [5.41, 5.74) is 2.39. The van der Waals surface area contributed by atoms with Gasteiger partial charge in [-0.3, -0.25) is 5.43 Å². The molecule has 0 aromatic carbocycles. The summed E-state index contributed by atoms with van der Waals surface area (Å²) < 4.78 is 5.26. The van der Waals surface area contributed by atoms with E-state index in [9.17, 15) is 5.11 Å². The fourth-order valence-electron chi connectivity index (χ4n) is 2.08. The number of anilines is 2. The molecule has 0 bridgehead atoms. The first-order valence-electron chi connectivity index (χ1n) is 6.51. The summed E-state index contributed by atoms with van der Waals surface area (Å²) in [6.07, 6.45) is 3.19. The number of aromatic nitrogens is 3. The summed E-state index contributed by atoms with van der Waals surface area (Å²) in [6, 6.07) is 0.495. The van der Waals surface area contributed by atoms with E-state index in [1.807, 2.05) is 6.92 Å². The number of hydrazine groups is 1. The molecule has 1 saturated carbocycles. The largest absolute Gasteiger partial charge is 0.464 e. The van der Waals surface area contributed by atoms with Crippen LogP contribution in [0.4, 0.5) is 11.9 Å². The van der Waals surface area contributed by atoms with Crippen molar-refractivity contribution >= 4 is 11.9 Å². The van der Waals surface area contributed by atoms with Crippen LogP contribution >= 0.6 is 0 Å². The minimum Gasteiger partial charge on any atom is -0.464 e. The molecule has 1 aromatic rings. The quantitative estimate of drug-likeness (QED) is 0.444. The molecule has 5 N–H and O–H groups in total. The Morgan fingerprint density at radius 1 is 1.21 bits per heavy atom. The van der Waals surface area contributed by atoms with Crippen LogP contribution in [0.25, 0.3) is 0 Å². The normalized spacial score (nSPS) is 22.9. The van der Waals surface area contributed by atoms with Gasteiger partial charge in [0.25, 0.3) is 0 Å². The molecule has 1 fully saturated rings. The third-order valence-electron chi connectivity index (χ3n) is 3.05. The van der Waals surface area contributed by atoms with E-state index in [4.69, 9.17) is 10.6 Å². The maximum Gasteiger partial charge on any atom is 0.323 e. The highest BCUT2D eigenvalue weighted by Gasteiger charge is 2.20. The predicted octanol–water partition coefficient (Wildman–Crippen LogP) is 0.271. The van der Waals surface area contributed by atoms with Crippen molar-refractivity contribution in [3.63, 3.8) is 0 Å². The van der Waals surface area contributed by atoms with Crippen LogP contribution in [-0.2, 0) is 0 Å². The smallest absolute Gasteiger partial charge is 0.323 e. The zero-order chi connectivity index (χ0) is 13.7. The molecule has 0 saturated heterocycles. The molecule has 1 heterocycles. The fourth-order valence-corrected chi connectivity index (χ4v) is 2.08. The van der Waals surface area contributed by atoms with Crippen molar-refractivity contribution in [1.82, 2.24) is 15.0 Å². The highest BCUT2D eigenvalue weighted by Crippen LogP contribution is 2.21. The number of hydrogen-bond acceptors (Lipinski definition) is 8. The Balaban J connectivity index is 2.04. The van der Waals surface area contributed by atoms with E-state index < -0.39 is 0 Å². The topological polar surface area (TPSA) is 118 Å². The van der Waals surface area contributed by atoms with Crippen LogP contribution in [0.15, 0.2) is 0 Å². The Kier molecular flexibility index (Phi) is 4.69. The number of nitrogens with two attached hydrogens (primary N) is 1. The van der Waals surface area contributed by atoms with Gasteiger partial charge in [-0.2, -0.15) is 15.0 Å². The van der Waals surface area contributed by atoms with Crippen LogP contribution in [0.2, 0.25) is 0 Å². The molecule has 1 aromatic heterocycles. The number of aliphatic hydroxyl groups excluding tert-OH is 1. The van der Waals surface area contributed by atoms with Crippen LogP contribution in [-0.4, -0.2) is 38.8 Å². The number of rotatable bonds is 5. The van der Waals surface area contributed by atoms with E-state index in [2.05, 4.69) is 25.7 Å². The van der Waals surface area contributed by atoms with E-state index in [1.165, 1.54) is 0 Å². The van der Waals surface area contributed by atoms with Gasteiger partial charge in [0, 0.05) is 6.04 Å². The molecule has 0 aliphatic heterocycles. The molecule has 8 nitrogen and oxygen atoms in total. The second kappa shape index (κ2) is 6.48. The lowest BCUT2D eigenvalue weighted by molar-refractivity contribution is 0.126. The minimum absolute atomic E-state index is 0.184. The molecule has 0 atom stereocenters. The molecule has 2 rings (SSSR count). The highest BCUT2D eigenvalue weighted by atomic mass is 16.5. The Labute approximate surface area is 111 Å². The first-order chi connectivity index (χ1) is 9.21. The summed E-state index contributed by atoms with van der Waals surface area (Å²) >= 11 is 0. The lowest BCUT2D eigenvalue weighted by atomic mass is 9.93. The van der Waals surface area contributed by atoms with Crippen LogP contribution in [0, 0.1) is 0 Å². The maximum absolute atomic E-state index is 9.47. The van der Waals surface area contributed by atoms with Crippen molar-refractivity contribution in [3.8, 4) is 6.01 Å². The van der Waals surface area contributed by atoms with Crippen LogP contribution in [0.5, 0.6) is 6.01 Å². The first-order valence-corrected chi connectivity index (χ1v) is 6.51. The third kappa shape index (κ3) is 3.90. The SMILES string of the molecule is CCOc1nc(NN)nc(NC2CCC(O)CC2)n1. The average Bonchev–Trinajstić information content (AvgIpc) is 2.41. The lowest BCUT2D eigenvalue weighted by Gasteiger charge is -2.26. The number of aliphatic hydroxyl groups is 1. The molecule has 0 unspecified atom stereocenters. The number of nitrogens with one attached hydrogen (secondary N) is 2. The third-order valence-corrected chi connectivity index (χ3v) is 3.05. The molecule has 0 amide bonds. The number of ether oxygens (including phenoxy) is 1. The van der Waals surface area contributed by atoms with Crippen molar-refractivity contribution in [2.75, 3.05) is 17.3 Å². The van der Waals surface area contributed by atoms with E-state index in [0.29, 0.717) is 12.6 Å². The summed E-state index contributed by atoms with van der Waals surface area (Å²) in [7, 11) is 0. The zero-order valence-electron chi connectivity index (χ0n) is 11.0. The molecule has 1 aliphatic carbocycles. The fraction of sp³-hybridized carbons (Fsp3) is 0.727. The monoisotopic (exact) mass is 268 g/mol. The predicted molar refractivity (Wildman–Crippen MR) is 70.7 cm³/mol. The Bertz CT molecular complexity index is 408. The van der Waals surface area contributed by atoms with Crippen LogP contribution in [0.3, 0.4) is 0 Å². The standard InChI is InChI=1S/C11H20N6O2/c1-2-19-11-15-9(14-10(16-11)17-12)13-7-3-5-8(18)6-4-7/h7-8,18H,2-6,12H2,1H3,(H2,13,14,15,16,17). The second-order valence-electron chi connectivity index (χ2n) is 4.49. The van der Waals surface area contributed by atoms with Gasteiger partial charge in [0.1, 0.15) is 0 Å². The van der Waals surface area contributed by atoms with Gasteiger partial charge in [0.15, 0.2) is 0 Å². The van der Waals surface area contributed by atoms with Gasteiger partial charge in [-0.05, 0) is 32.6 Å². The molecule has 1 aliphatic rings. The number of nitrogens with zero attached hydrogens (tertiary/aromatic N) is 3. The Morgan fingerprint density at radius 2 is 1.89 bits per heavy atom. The van der Waals surface area contributed by atoms with Crippen LogP contribution in [0.1, 0.15) is 32.6 Å². The average molecular weight is 268 g/mol. The van der Waals surface area contributed by atoms with Crippen molar-refractivity contribution in [2.45, 2.75) is 44.8 Å². The molecule has 0 radical (unpaired) electrons. The maximum atomic E-state index is 9.47. The second-order valence-corrected chi connectivity index (χ2v) is 4.49. The van der Waals surface area contributed by atoms with Gasteiger partial charge in [-0.1, -0.05) is 0 Å². The van der Waals surface area contributed by atoms with Gasteiger partial charge in [-0.25, -0.2) is 5.84 Å². The van der Waals surface area contributed by atoms with E-state index in [-0.39, 0.29) is 24.1 Å². The first kappa shape index (κ1) is 13.8. The number of hydrogen-bond donors (Lipinski definition) is 4. The van der Waals surface area contributed by atoms with Crippen molar-refractivity contribution in [3.05, 3.63) is 0 Å². The summed E-state index contributed by atoms with van der Waals surface area (Å²) in [4.78, 5) is 12.3. The Hall–Kier alpha value is -1.67. The van der Waals surface area contributed by atoms with Gasteiger partial charge < -0.3 is 15.2 Å². The van der Waals surface area contributed by atoms with E-state index in [1.54, 1.807) is 0 Å². The molecular weight excluding hydrogens is 248 g/mol. The van der Waals surface area contributed by atoms with Crippen molar-refractivity contribution in [1.29, 1.82) is 0 Å². The molecular formula is C11H20N6O2.